The fourth-order valence-corrected chi connectivity index (χ4v) is 2.05. The quantitative estimate of drug-likeness (QED) is 0.557. The Morgan fingerprint density at radius 3 is 2.76 bits per heavy atom. The van der Waals surface area contributed by atoms with Gasteiger partial charge >= 0.3 is 5.69 Å². The Morgan fingerprint density at radius 1 is 1.53 bits per heavy atom. The van der Waals surface area contributed by atoms with Gasteiger partial charge in [-0.25, -0.2) is 4.79 Å². The molecule has 2 heterocycles. The Labute approximate surface area is 100 Å². The smallest absolute Gasteiger partial charge is 0.330 e. The molecule has 7 nitrogen and oxygen atoms in total. The molecule has 1 aromatic heterocycles. The van der Waals surface area contributed by atoms with Crippen LogP contribution in [0.3, 0.4) is 0 Å². The van der Waals surface area contributed by atoms with Crippen LogP contribution < -0.4 is 11.2 Å². The maximum atomic E-state index is 11.5. The average Bonchev–Trinajstić information content (AvgIpc) is 2.57. The van der Waals surface area contributed by atoms with Gasteiger partial charge in [0.15, 0.2) is 6.23 Å². The average molecular weight is 263 g/mol. The summed E-state index contributed by atoms with van der Waals surface area (Å²) in [7, 11) is 0. The highest BCUT2D eigenvalue weighted by Crippen LogP contribution is 2.31. The third-order valence-electron chi connectivity index (χ3n) is 2.60. The number of halogens is 1. The molecule has 8 heteroatoms. The maximum absolute atomic E-state index is 11.5. The first-order valence-electron chi connectivity index (χ1n) is 4.94. The van der Waals surface area contributed by atoms with Crippen molar-refractivity contribution in [3.63, 3.8) is 0 Å². The van der Waals surface area contributed by atoms with Gasteiger partial charge < -0.3 is 14.9 Å². The minimum Gasteiger partial charge on any atom is -0.394 e. The van der Waals surface area contributed by atoms with Crippen LogP contribution in [0.15, 0.2) is 21.9 Å². The molecule has 0 radical (unpaired) electrons. The summed E-state index contributed by atoms with van der Waals surface area (Å²) >= 11 is 5.91. The Hall–Kier alpha value is -1.15. The Balaban J connectivity index is 2.35. The van der Waals surface area contributed by atoms with Gasteiger partial charge in [0.25, 0.3) is 5.56 Å². The van der Waals surface area contributed by atoms with E-state index in [1.54, 1.807) is 0 Å². The number of hydrogen-bond donors (Lipinski definition) is 3. The summed E-state index contributed by atoms with van der Waals surface area (Å²) in [4.78, 5) is 24.4. The maximum Gasteiger partial charge on any atom is 0.330 e. The predicted octanol–water partition coefficient (Wildman–Crippen LogP) is -1.61. The molecule has 0 bridgehead atoms. The molecule has 94 valence electrons. The number of hydrogen-bond acceptors (Lipinski definition) is 5. The molecule has 17 heavy (non-hydrogen) atoms. The highest BCUT2D eigenvalue weighted by molar-refractivity contribution is 6.21. The number of ether oxygens (including phenoxy) is 1. The second-order valence-corrected chi connectivity index (χ2v) is 4.20. The normalized spacial score (nSPS) is 32.9. The highest BCUT2D eigenvalue weighted by atomic mass is 35.5. The number of aromatic nitrogens is 2. The number of nitrogens with zero attached hydrogens (tertiary/aromatic N) is 1. The molecule has 4 atom stereocenters. The molecule has 1 aliphatic heterocycles. The van der Waals surface area contributed by atoms with E-state index in [-0.39, 0.29) is 0 Å². The van der Waals surface area contributed by atoms with Gasteiger partial charge in [-0.3, -0.25) is 14.3 Å². The molecule has 0 unspecified atom stereocenters. The van der Waals surface area contributed by atoms with Crippen LogP contribution in [0, 0.1) is 0 Å². The number of aromatic amines is 1. The van der Waals surface area contributed by atoms with Crippen LogP contribution >= 0.6 is 11.6 Å². The molecule has 1 aromatic rings. The van der Waals surface area contributed by atoms with E-state index in [1.807, 2.05) is 0 Å². The first-order valence-corrected chi connectivity index (χ1v) is 5.38. The van der Waals surface area contributed by atoms with Crippen molar-refractivity contribution in [1.29, 1.82) is 0 Å². The lowest BCUT2D eigenvalue weighted by molar-refractivity contribution is -0.0457. The van der Waals surface area contributed by atoms with E-state index >= 15 is 0 Å². The molecule has 1 fully saturated rings. The van der Waals surface area contributed by atoms with Gasteiger partial charge in [0.2, 0.25) is 0 Å². The summed E-state index contributed by atoms with van der Waals surface area (Å²) in [6, 6.07) is 1.15. The lowest BCUT2D eigenvalue weighted by Gasteiger charge is -2.15. The van der Waals surface area contributed by atoms with E-state index in [0.717, 1.165) is 10.6 Å². The van der Waals surface area contributed by atoms with Crippen LogP contribution in [0.4, 0.5) is 0 Å². The fourth-order valence-electron chi connectivity index (χ4n) is 1.71. The van der Waals surface area contributed by atoms with Crippen molar-refractivity contribution >= 4 is 11.6 Å². The summed E-state index contributed by atoms with van der Waals surface area (Å²) in [6.45, 7) is -0.404. The van der Waals surface area contributed by atoms with Gasteiger partial charge in [-0.05, 0) is 0 Å². The fraction of sp³-hybridized carbons (Fsp3) is 0.556. The third-order valence-corrected chi connectivity index (χ3v) is 3.07. The zero-order valence-corrected chi connectivity index (χ0v) is 9.37. The number of aliphatic hydroxyl groups excluding tert-OH is 2. The molecule has 0 saturated carbocycles. The van der Waals surface area contributed by atoms with Crippen LogP contribution in [-0.4, -0.2) is 44.0 Å². The molecule has 1 aliphatic rings. The van der Waals surface area contributed by atoms with Crippen molar-refractivity contribution in [3.05, 3.63) is 33.1 Å². The Kier molecular flexibility index (Phi) is 3.34. The van der Waals surface area contributed by atoms with E-state index in [4.69, 9.17) is 21.4 Å². The topological polar surface area (TPSA) is 105 Å². The highest BCUT2D eigenvalue weighted by Gasteiger charge is 2.43. The first kappa shape index (κ1) is 12.3. The minimum atomic E-state index is -1.08. The van der Waals surface area contributed by atoms with Crippen LogP contribution in [0.5, 0.6) is 0 Å². The lowest BCUT2D eigenvalue weighted by Crippen LogP contribution is -2.35. The van der Waals surface area contributed by atoms with Gasteiger partial charge in [0.05, 0.1) is 6.61 Å². The van der Waals surface area contributed by atoms with E-state index in [2.05, 4.69) is 4.98 Å². The SMILES string of the molecule is O=c1ccn([C@@H]2O[C@H](CO)[C@H](O)[C@@H]2Cl)c(=O)[nH]1. The number of alkyl halides is 1. The predicted molar refractivity (Wildman–Crippen MR) is 58.0 cm³/mol. The van der Waals surface area contributed by atoms with Crippen molar-refractivity contribution in [2.24, 2.45) is 0 Å². The second kappa shape index (κ2) is 4.61. The van der Waals surface area contributed by atoms with Gasteiger partial charge in [-0.15, -0.1) is 11.6 Å². The number of rotatable bonds is 2. The van der Waals surface area contributed by atoms with Crippen molar-refractivity contribution in [2.45, 2.75) is 23.8 Å². The van der Waals surface area contributed by atoms with E-state index in [0.29, 0.717) is 0 Å². The molecule has 2 rings (SSSR count). The number of H-pyrrole nitrogens is 1. The van der Waals surface area contributed by atoms with Gasteiger partial charge in [0, 0.05) is 12.3 Å². The summed E-state index contributed by atoms with van der Waals surface area (Å²) in [5.74, 6) is 0. The lowest BCUT2D eigenvalue weighted by atomic mass is 10.2. The largest absolute Gasteiger partial charge is 0.394 e. The van der Waals surface area contributed by atoms with Crippen molar-refractivity contribution < 1.29 is 14.9 Å². The van der Waals surface area contributed by atoms with E-state index < -0.39 is 41.7 Å². The third kappa shape index (κ3) is 2.14. The number of aliphatic hydroxyl groups is 2. The second-order valence-electron chi connectivity index (χ2n) is 3.70. The standard InChI is InChI=1S/C9H11ClN2O5/c10-6-7(15)4(3-13)17-8(6)12-2-1-5(14)11-9(12)16/h1-2,4,6-8,13,15H,3H2,(H,11,14,16)/t4-,6+,7+,8-/m1/s1. The zero-order valence-electron chi connectivity index (χ0n) is 8.62. The summed E-state index contributed by atoms with van der Waals surface area (Å²) in [6.07, 6.45) is -1.62. The zero-order chi connectivity index (χ0) is 12.6. The molecule has 0 spiro atoms. The summed E-state index contributed by atoms with van der Waals surface area (Å²) in [5, 5.41) is 17.7. The first-order chi connectivity index (χ1) is 8.04. The van der Waals surface area contributed by atoms with Gasteiger partial charge in [-0.1, -0.05) is 0 Å². The Bertz CT molecular complexity index is 513. The molecule has 0 aliphatic carbocycles. The molecular weight excluding hydrogens is 252 g/mol. The molecule has 1 saturated heterocycles. The van der Waals surface area contributed by atoms with Crippen molar-refractivity contribution in [2.75, 3.05) is 6.61 Å². The molecule has 3 N–H and O–H groups in total. The van der Waals surface area contributed by atoms with E-state index in [9.17, 15) is 14.7 Å². The van der Waals surface area contributed by atoms with Crippen LogP contribution in [0.1, 0.15) is 6.23 Å². The minimum absolute atomic E-state index is 0.404. The van der Waals surface area contributed by atoms with Gasteiger partial charge in [0.1, 0.15) is 17.6 Å². The van der Waals surface area contributed by atoms with Crippen molar-refractivity contribution in [3.8, 4) is 0 Å². The molecular formula is C9H11ClN2O5. The summed E-state index contributed by atoms with van der Waals surface area (Å²) in [5.41, 5.74) is -1.21. The summed E-state index contributed by atoms with van der Waals surface area (Å²) < 4.78 is 6.32. The van der Waals surface area contributed by atoms with Crippen LogP contribution in [0.2, 0.25) is 0 Å². The Morgan fingerprint density at radius 2 is 2.24 bits per heavy atom. The van der Waals surface area contributed by atoms with E-state index in [1.165, 1.54) is 6.20 Å². The number of nitrogens with one attached hydrogen (secondary N) is 1. The van der Waals surface area contributed by atoms with Crippen molar-refractivity contribution in [1.82, 2.24) is 9.55 Å². The van der Waals surface area contributed by atoms with Crippen LogP contribution in [0.25, 0.3) is 0 Å². The monoisotopic (exact) mass is 262 g/mol. The molecule has 0 aromatic carbocycles. The molecule has 0 amide bonds. The van der Waals surface area contributed by atoms with Crippen LogP contribution in [-0.2, 0) is 4.74 Å². The van der Waals surface area contributed by atoms with Gasteiger partial charge in [-0.2, -0.15) is 0 Å².